The number of esters is 2. The number of rotatable bonds is 12. The summed E-state index contributed by atoms with van der Waals surface area (Å²) in [4.78, 5) is 41.2. The number of nitrogens with one attached hydrogen (secondary N) is 1. The van der Waals surface area contributed by atoms with Gasteiger partial charge < -0.3 is 24.3 Å². The zero-order chi connectivity index (χ0) is 27.5. The molecule has 0 aromatic heterocycles. The fraction of sp³-hybridized carbons (Fsp3) is 0.500. The Labute approximate surface area is 218 Å². The van der Waals surface area contributed by atoms with E-state index in [1.807, 2.05) is 31.2 Å². The molecule has 9 nitrogen and oxygen atoms in total. The van der Waals surface area contributed by atoms with Gasteiger partial charge in [0.05, 0.1) is 7.11 Å². The van der Waals surface area contributed by atoms with E-state index in [1.54, 1.807) is 13.8 Å². The molecule has 1 aliphatic carbocycles. The van der Waals surface area contributed by atoms with E-state index in [4.69, 9.17) is 18.9 Å². The van der Waals surface area contributed by atoms with Crippen molar-refractivity contribution in [3.05, 3.63) is 53.1 Å². The molecule has 1 saturated carbocycles. The van der Waals surface area contributed by atoms with Crippen molar-refractivity contribution in [3.8, 4) is 5.75 Å². The van der Waals surface area contributed by atoms with Crippen molar-refractivity contribution in [2.45, 2.75) is 78.6 Å². The number of hydrogen-bond acceptors (Lipinski definition) is 8. The van der Waals surface area contributed by atoms with Crippen molar-refractivity contribution in [2.75, 3.05) is 7.11 Å². The fourth-order valence-electron chi connectivity index (χ4n) is 4.26. The predicted molar refractivity (Wildman–Crippen MR) is 140 cm³/mol. The highest BCUT2D eigenvalue weighted by Gasteiger charge is 2.34. The van der Waals surface area contributed by atoms with Crippen molar-refractivity contribution in [3.63, 3.8) is 0 Å². The molecule has 0 radical (unpaired) electrons. The second-order valence-corrected chi connectivity index (χ2v) is 9.06. The number of hydrogen-bond donors (Lipinski definition) is 1. The summed E-state index contributed by atoms with van der Waals surface area (Å²) in [5.74, 6) is -1.19. The Kier molecular flexibility index (Phi) is 11.4. The Hall–Kier alpha value is -3.62. The van der Waals surface area contributed by atoms with E-state index in [0.717, 1.165) is 37.0 Å². The van der Waals surface area contributed by atoms with Crippen LogP contribution >= 0.6 is 0 Å². The van der Waals surface area contributed by atoms with Crippen LogP contribution in [0.3, 0.4) is 0 Å². The number of aryl methyl sites for hydroxylation is 1. The average molecular weight is 515 g/mol. The van der Waals surface area contributed by atoms with E-state index in [2.05, 4.69) is 17.0 Å². The van der Waals surface area contributed by atoms with Crippen molar-refractivity contribution < 1.29 is 33.3 Å². The number of allylic oxidation sites excluding steroid dienone is 1. The highest BCUT2D eigenvalue weighted by molar-refractivity contribution is 5.97. The standard InChI is InChI=1S/C28H38N2O7/c1-8-23(34-7)26(36-20(5)31)24(29-6)27(32)30-18(3)28(33)35-19(4)25(21-11-9-10-12-21)37-22-15-13-17(2)14-16-22/h8,13-16,18-19,21,25H,6,9-12H2,1-5,7H3,(H,30,32)/b23-8+,26-24+/t18-,19-,25-/m0/s1. The minimum absolute atomic E-state index is 0.115. The van der Waals surface area contributed by atoms with Gasteiger partial charge in [0.1, 0.15) is 24.0 Å². The number of ether oxygens (including phenoxy) is 4. The number of carbonyl (C=O) groups excluding carboxylic acids is 3. The third kappa shape index (κ3) is 8.48. The van der Waals surface area contributed by atoms with Crippen molar-refractivity contribution in [2.24, 2.45) is 10.9 Å². The molecule has 0 aliphatic heterocycles. The summed E-state index contributed by atoms with van der Waals surface area (Å²) >= 11 is 0. The van der Waals surface area contributed by atoms with Crippen LogP contribution in [0.1, 0.15) is 58.9 Å². The molecule has 1 aromatic rings. The number of amides is 1. The van der Waals surface area contributed by atoms with Gasteiger partial charge >= 0.3 is 11.9 Å². The zero-order valence-corrected chi connectivity index (χ0v) is 22.5. The summed E-state index contributed by atoms with van der Waals surface area (Å²) in [6.45, 7) is 11.5. The summed E-state index contributed by atoms with van der Waals surface area (Å²) in [5, 5.41) is 2.54. The second-order valence-electron chi connectivity index (χ2n) is 9.06. The van der Waals surface area contributed by atoms with E-state index in [9.17, 15) is 14.4 Å². The lowest BCUT2D eigenvalue weighted by Crippen LogP contribution is -2.45. The highest BCUT2D eigenvalue weighted by atomic mass is 16.6. The first-order valence-electron chi connectivity index (χ1n) is 12.5. The van der Waals surface area contributed by atoms with Crippen molar-refractivity contribution >= 4 is 24.6 Å². The van der Waals surface area contributed by atoms with Crippen LogP contribution in [-0.4, -0.2) is 49.9 Å². The molecule has 1 aromatic carbocycles. The van der Waals surface area contributed by atoms with E-state index < -0.39 is 30.0 Å². The van der Waals surface area contributed by atoms with Crippen LogP contribution in [0, 0.1) is 12.8 Å². The monoisotopic (exact) mass is 514 g/mol. The quantitative estimate of drug-likeness (QED) is 0.145. The summed E-state index contributed by atoms with van der Waals surface area (Å²) in [6, 6.07) is 6.74. The highest BCUT2D eigenvalue weighted by Crippen LogP contribution is 2.32. The summed E-state index contributed by atoms with van der Waals surface area (Å²) in [7, 11) is 1.36. The van der Waals surface area contributed by atoms with Gasteiger partial charge in [-0.3, -0.25) is 14.6 Å². The lowest BCUT2D eigenvalue weighted by molar-refractivity contribution is -0.157. The minimum atomic E-state index is -1.02. The summed E-state index contributed by atoms with van der Waals surface area (Å²) in [6.07, 6.45) is 4.84. The molecule has 0 spiro atoms. The number of benzene rings is 1. The molecule has 1 N–H and O–H groups in total. The van der Waals surface area contributed by atoms with Gasteiger partial charge in [-0.05, 0) is 71.4 Å². The predicted octanol–water partition coefficient (Wildman–Crippen LogP) is 4.39. The van der Waals surface area contributed by atoms with Crippen LogP contribution in [0.25, 0.3) is 0 Å². The van der Waals surface area contributed by atoms with Crippen LogP contribution < -0.4 is 10.1 Å². The number of methoxy groups -OCH3 is 1. The molecule has 2 rings (SSSR count). The first kappa shape index (κ1) is 29.6. The SMILES string of the molecule is C=N/C(C(=O)N[C@@H](C)C(=O)O[C@@H](C)[C@H](Oc1ccc(C)cc1)C1CCCC1)=C(OC(C)=O)\C(=C/C)OC. The smallest absolute Gasteiger partial charge is 0.328 e. The fourth-order valence-corrected chi connectivity index (χ4v) is 4.26. The Morgan fingerprint density at radius 2 is 1.76 bits per heavy atom. The molecule has 1 fully saturated rings. The maximum Gasteiger partial charge on any atom is 0.328 e. The first-order chi connectivity index (χ1) is 17.6. The largest absolute Gasteiger partial charge is 0.493 e. The lowest BCUT2D eigenvalue weighted by Gasteiger charge is -2.30. The van der Waals surface area contributed by atoms with E-state index in [-0.39, 0.29) is 29.2 Å². The molecule has 37 heavy (non-hydrogen) atoms. The van der Waals surface area contributed by atoms with Crippen LogP contribution in [0.15, 0.2) is 52.5 Å². The Balaban J connectivity index is 2.15. The van der Waals surface area contributed by atoms with Gasteiger partial charge in [-0.2, -0.15) is 0 Å². The van der Waals surface area contributed by atoms with Gasteiger partial charge in [-0.1, -0.05) is 30.5 Å². The van der Waals surface area contributed by atoms with Crippen molar-refractivity contribution in [1.82, 2.24) is 5.32 Å². The van der Waals surface area contributed by atoms with Crippen LogP contribution in [0.2, 0.25) is 0 Å². The number of aliphatic imine (C=N–C) groups is 1. The molecule has 0 saturated heterocycles. The molecule has 0 bridgehead atoms. The number of carbonyl (C=O) groups is 3. The Bertz CT molecular complexity index is 1020. The molecule has 0 heterocycles. The molecule has 9 heteroatoms. The molecule has 1 amide bonds. The van der Waals surface area contributed by atoms with Gasteiger partial charge in [0, 0.05) is 6.92 Å². The van der Waals surface area contributed by atoms with E-state index in [1.165, 1.54) is 27.0 Å². The minimum Gasteiger partial charge on any atom is -0.493 e. The zero-order valence-electron chi connectivity index (χ0n) is 22.5. The third-order valence-corrected chi connectivity index (χ3v) is 6.16. The van der Waals surface area contributed by atoms with Crippen molar-refractivity contribution in [1.29, 1.82) is 0 Å². The summed E-state index contributed by atoms with van der Waals surface area (Å²) < 4.78 is 22.4. The Morgan fingerprint density at radius 3 is 2.27 bits per heavy atom. The maximum absolute atomic E-state index is 12.9. The Morgan fingerprint density at radius 1 is 1.14 bits per heavy atom. The number of nitrogens with zero attached hydrogens (tertiary/aromatic N) is 1. The van der Waals surface area contributed by atoms with Gasteiger partial charge in [-0.25, -0.2) is 4.79 Å². The van der Waals surface area contributed by atoms with E-state index in [0.29, 0.717) is 0 Å². The summed E-state index contributed by atoms with van der Waals surface area (Å²) in [5.41, 5.74) is 0.824. The topological polar surface area (TPSA) is 113 Å². The average Bonchev–Trinajstić information content (AvgIpc) is 3.38. The second kappa shape index (κ2) is 14.2. The molecular formula is C28H38N2O7. The lowest BCUT2D eigenvalue weighted by atomic mass is 9.96. The normalized spacial score (nSPS) is 17.1. The van der Waals surface area contributed by atoms with Gasteiger partial charge in [0.15, 0.2) is 11.5 Å². The van der Waals surface area contributed by atoms with Crippen LogP contribution in [0.5, 0.6) is 5.75 Å². The van der Waals surface area contributed by atoms with E-state index >= 15 is 0 Å². The molecule has 202 valence electrons. The van der Waals surface area contributed by atoms with Gasteiger partial charge in [0.2, 0.25) is 5.76 Å². The van der Waals surface area contributed by atoms with Gasteiger partial charge in [-0.15, -0.1) is 0 Å². The molecular weight excluding hydrogens is 476 g/mol. The van der Waals surface area contributed by atoms with Gasteiger partial charge in [0.25, 0.3) is 5.91 Å². The molecule has 3 atom stereocenters. The first-order valence-corrected chi connectivity index (χ1v) is 12.5. The maximum atomic E-state index is 12.9. The molecule has 0 unspecified atom stereocenters. The third-order valence-electron chi connectivity index (χ3n) is 6.16. The van der Waals surface area contributed by atoms with Crippen LogP contribution in [-0.2, 0) is 28.6 Å². The van der Waals surface area contributed by atoms with Crippen LogP contribution in [0.4, 0.5) is 0 Å². The molecule has 1 aliphatic rings.